The van der Waals surface area contributed by atoms with Crippen molar-refractivity contribution in [2.45, 2.75) is 32.7 Å². The highest BCUT2D eigenvalue weighted by Gasteiger charge is 2.17. The molecule has 0 spiro atoms. The van der Waals surface area contributed by atoms with Gasteiger partial charge in [0.05, 0.1) is 20.6 Å². The molecular weight excluding hydrogens is 268 g/mol. The van der Waals surface area contributed by atoms with Gasteiger partial charge in [-0.25, -0.2) is 0 Å². The summed E-state index contributed by atoms with van der Waals surface area (Å²) in [5.41, 5.74) is 6.46. The third-order valence-corrected chi connectivity index (χ3v) is 3.27. The molecule has 5 nitrogen and oxygen atoms in total. The van der Waals surface area contributed by atoms with Crippen molar-refractivity contribution in [2.75, 3.05) is 20.8 Å². The lowest BCUT2D eigenvalue weighted by Gasteiger charge is -2.19. The van der Waals surface area contributed by atoms with Crippen molar-refractivity contribution in [3.8, 4) is 11.5 Å². The van der Waals surface area contributed by atoms with Crippen molar-refractivity contribution in [1.29, 1.82) is 0 Å². The Morgan fingerprint density at radius 1 is 1.24 bits per heavy atom. The molecular formula is C16H26N2O3. The van der Waals surface area contributed by atoms with Crippen LogP contribution in [0.3, 0.4) is 0 Å². The molecule has 0 aliphatic rings. The second-order valence-corrected chi connectivity index (χ2v) is 5.45. The SMILES string of the molecule is COc1cccc(OC)c1CC(=O)N[C@@H](CN)CC(C)C. The van der Waals surface area contributed by atoms with Crippen molar-refractivity contribution < 1.29 is 14.3 Å². The molecule has 0 bridgehead atoms. The fraction of sp³-hybridized carbons (Fsp3) is 0.562. The standard InChI is InChI=1S/C16H26N2O3/c1-11(2)8-12(10-17)18-16(19)9-13-14(20-3)6-5-7-15(13)21-4/h5-7,11-12H,8-10,17H2,1-4H3,(H,18,19)/t12-/m1/s1. The van der Waals surface area contributed by atoms with Crippen molar-refractivity contribution in [3.63, 3.8) is 0 Å². The molecule has 1 rings (SSSR count). The van der Waals surface area contributed by atoms with Crippen molar-refractivity contribution in [1.82, 2.24) is 5.32 Å². The zero-order chi connectivity index (χ0) is 15.8. The molecule has 0 aromatic heterocycles. The maximum atomic E-state index is 12.2. The fourth-order valence-corrected chi connectivity index (χ4v) is 2.32. The number of nitrogens with one attached hydrogen (secondary N) is 1. The highest BCUT2D eigenvalue weighted by atomic mass is 16.5. The minimum Gasteiger partial charge on any atom is -0.496 e. The number of carbonyl (C=O) groups excluding carboxylic acids is 1. The first-order chi connectivity index (χ1) is 10.0. The highest BCUT2D eigenvalue weighted by molar-refractivity contribution is 5.80. The molecule has 5 heteroatoms. The molecule has 0 saturated heterocycles. The molecule has 3 N–H and O–H groups in total. The first-order valence-corrected chi connectivity index (χ1v) is 7.21. The summed E-state index contributed by atoms with van der Waals surface area (Å²) >= 11 is 0. The van der Waals surface area contributed by atoms with Crippen LogP contribution in [0.15, 0.2) is 18.2 Å². The summed E-state index contributed by atoms with van der Waals surface area (Å²) in [6, 6.07) is 5.47. The van der Waals surface area contributed by atoms with Gasteiger partial charge in [-0.1, -0.05) is 19.9 Å². The number of hydrogen-bond donors (Lipinski definition) is 2. The number of benzene rings is 1. The molecule has 0 aliphatic carbocycles. The number of amides is 1. The largest absolute Gasteiger partial charge is 0.496 e. The molecule has 118 valence electrons. The third kappa shape index (κ3) is 5.27. The second-order valence-electron chi connectivity index (χ2n) is 5.45. The lowest BCUT2D eigenvalue weighted by molar-refractivity contribution is -0.121. The maximum absolute atomic E-state index is 12.2. The first kappa shape index (κ1) is 17.3. The maximum Gasteiger partial charge on any atom is 0.224 e. The summed E-state index contributed by atoms with van der Waals surface area (Å²) in [6.45, 7) is 4.66. The Hall–Kier alpha value is -1.75. The Labute approximate surface area is 126 Å². The summed E-state index contributed by atoms with van der Waals surface area (Å²) < 4.78 is 10.6. The van der Waals surface area contributed by atoms with Crippen LogP contribution in [0.4, 0.5) is 0 Å². The molecule has 1 atom stereocenters. The summed E-state index contributed by atoms with van der Waals surface area (Å²) in [7, 11) is 3.16. The monoisotopic (exact) mass is 294 g/mol. The van der Waals surface area contributed by atoms with E-state index in [4.69, 9.17) is 15.2 Å². The van der Waals surface area contributed by atoms with E-state index in [0.29, 0.717) is 24.0 Å². The summed E-state index contributed by atoms with van der Waals surface area (Å²) in [5.74, 6) is 1.71. The second kappa shape index (κ2) is 8.52. The smallest absolute Gasteiger partial charge is 0.224 e. The Balaban J connectivity index is 2.78. The lowest BCUT2D eigenvalue weighted by Crippen LogP contribution is -2.41. The Bertz CT molecular complexity index is 439. The van der Waals surface area contributed by atoms with Gasteiger partial charge in [0, 0.05) is 18.2 Å². The lowest BCUT2D eigenvalue weighted by atomic mass is 10.0. The highest BCUT2D eigenvalue weighted by Crippen LogP contribution is 2.28. The van der Waals surface area contributed by atoms with E-state index in [1.165, 1.54) is 0 Å². The minimum absolute atomic E-state index is 0.00166. The molecule has 21 heavy (non-hydrogen) atoms. The molecule has 0 saturated carbocycles. The zero-order valence-corrected chi connectivity index (χ0v) is 13.3. The number of nitrogens with two attached hydrogens (primary N) is 1. The third-order valence-electron chi connectivity index (χ3n) is 3.27. The fourth-order valence-electron chi connectivity index (χ4n) is 2.32. The van der Waals surface area contributed by atoms with Crippen molar-refractivity contribution >= 4 is 5.91 Å². The molecule has 0 fully saturated rings. The number of carbonyl (C=O) groups is 1. The molecule has 1 aromatic rings. The van der Waals surface area contributed by atoms with E-state index in [0.717, 1.165) is 12.0 Å². The molecule has 0 heterocycles. The van der Waals surface area contributed by atoms with Crippen LogP contribution in [0.25, 0.3) is 0 Å². The summed E-state index contributed by atoms with van der Waals surface area (Å²) in [4.78, 5) is 12.2. The van der Waals surface area contributed by atoms with E-state index in [2.05, 4.69) is 19.2 Å². The van der Waals surface area contributed by atoms with Crippen LogP contribution in [0.2, 0.25) is 0 Å². The summed E-state index contributed by atoms with van der Waals surface area (Å²) in [5, 5.41) is 2.97. The van der Waals surface area contributed by atoms with Gasteiger partial charge < -0.3 is 20.5 Å². The van der Waals surface area contributed by atoms with E-state index >= 15 is 0 Å². The van der Waals surface area contributed by atoms with Crippen LogP contribution in [0, 0.1) is 5.92 Å². The van der Waals surface area contributed by atoms with Gasteiger partial charge >= 0.3 is 0 Å². The summed E-state index contributed by atoms with van der Waals surface area (Å²) in [6.07, 6.45) is 1.08. The van der Waals surface area contributed by atoms with Crippen LogP contribution in [-0.4, -0.2) is 32.7 Å². The van der Waals surface area contributed by atoms with Gasteiger partial charge in [0.15, 0.2) is 0 Å². The molecule has 1 aromatic carbocycles. The first-order valence-electron chi connectivity index (χ1n) is 7.21. The predicted molar refractivity (Wildman–Crippen MR) is 83.7 cm³/mol. The van der Waals surface area contributed by atoms with Crippen LogP contribution < -0.4 is 20.5 Å². The van der Waals surface area contributed by atoms with E-state index in [-0.39, 0.29) is 18.4 Å². The van der Waals surface area contributed by atoms with Crippen LogP contribution in [0.5, 0.6) is 11.5 Å². The predicted octanol–water partition coefficient (Wildman–Crippen LogP) is 1.74. The van der Waals surface area contributed by atoms with Gasteiger partial charge in [-0.05, 0) is 24.5 Å². The average Bonchev–Trinajstić information content (AvgIpc) is 2.46. The number of rotatable bonds is 8. The van der Waals surface area contributed by atoms with Gasteiger partial charge in [0.2, 0.25) is 5.91 Å². The zero-order valence-electron chi connectivity index (χ0n) is 13.3. The number of methoxy groups -OCH3 is 2. The van der Waals surface area contributed by atoms with Crippen LogP contribution in [-0.2, 0) is 11.2 Å². The minimum atomic E-state index is -0.0751. The van der Waals surface area contributed by atoms with Gasteiger partial charge in [-0.3, -0.25) is 4.79 Å². The Morgan fingerprint density at radius 3 is 2.24 bits per heavy atom. The molecule has 0 radical (unpaired) electrons. The van der Waals surface area contributed by atoms with Gasteiger partial charge in [0.1, 0.15) is 11.5 Å². The van der Waals surface area contributed by atoms with Gasteiger partial charge in [0.25, 0.3) is 0 Å². The normalized spacial score (nSPS) is 12.1. The quantitative estimate of drug-likeness (QED) is 0.766. The number of ether oxygens (including phenoxy) is 2. The Morgan fingerprint density at radius 2 is 1.81 bits per heavy atom. The van der Waals surface area contributed by atoms with Gasteiger partial charge in [-0.2, -0.15) is 0 Å². The van der Waals surface area contributed by atoms with E-state index in [1.54, 1.807) is 14.2 Å². The molecule has 0 aliphatic heterocycles. The topological polar surface area (TPSA) is 73.6 Å². The van der Waals surface area contributed by atoms with E-state index in [1.807, 2.05) is 18.2 Å². The van der Waals surface area contributed by atoms with Crippen LogP contribution in [0.1, 0.15) is 25.8 Å². The van der Waals surface area contributed by atoms with Crippen molar-refractivity contribution in [3.05, 3.63) is 23.8 Å². The molecule has 1 amide bonds. The van der Waals surface area contributed by atoms with Gasteiger partial charge in [-0.15, -0.1) is 0 Å². The Kier molecular flexibility index (Phi) is 7.02. The van der Waals surface area contributed by atoms with E-state index < -0.39 is 0 Å². The average molecular weight is 294 g/mol. The van der Waals surface area contributed by atoms with Crippen LogP contribution >= 0.6 is 0 Å². The van der Waals surface area contributed by atoms with Crippen molar-refractivity contribution in [2.24, 2.45) is 11.7 Å². The number of hydrogen-bond acceptors (Lipinski definition) is 4. The molecule has 0 unspecified atom stereocenters. The van der Waals surface area contributed by atoms with E-state index in [9.17, 15) is 4.79 Å².